The van der Waals surface area contributed by atoms with Crippen molar-refractivity contribution in [2.24, 2.45) is 5.92 Å². The van der Waals surface area contributed by atoms with Gasteiger partial charge >= 0.3 is 5.97 Å². The first-order chi connectivity index (χ1) is 9.69. The van der Waals surface area contributed by atoms with Crippen molar-refractivity contribution in [3.8, 4) is 5.75 Å². The van der Waals surface area contributed by atoms with Gasteiger partial charge in [0.2, 0.25) is 0 Å². The number of carboxylic acid groups (broad SMARTS) is 1. The summed E-state index contributed by atoms with van der Waals surface area (Å²) in [7, 11) is 1.71. The molecule has 1 aromatic rings. The molecular weight excluding hydrogens is 254 g/mol. The average molecular weight is 277 g/mol. The fourth-order valence-electron chi connectivity index (χ4n) is 2.84. The predicted molar refractivity (Wildman–Crippen MR) is 77.9 cm³/mol. The Bertz CT molecular complexity index is 439. The third-order valence-electron chi connectivity index (χ3n) is 4.06. The molecular formula is C16H23NO3. The van der Waals surface area contributed by atoms with Crippen LogP contribution in [0.25, 0.3) is 0 Å². The Balaban J connectivity index is 1.81. The van der Waals surface area contributed by atoms with Crippen LogP contribution in [-0.2, 0) is 11.3 Å². The van der Waals surface area contributed by atoms with Gasteiger partial charge in [-0.15, -0.1) is 0 Å². The Labute approximate surface area is 120 Å². The van der Waals surface area contributed by atoms with Crippen molar-refractivity contribution >= 4 is 5.97 Å². The number of carboxylic acids is 1. The van der Waals surface area contributed by atoms with Crippen LogP contribution in [0.3, 0.4) is 0 Å². The fourth-order valence-corrected chi connectivity index (χ4v) is 2.84. The van der Waals surface area contributed by atoms with E-state index < -0.39 is 5.97 Å². The molecule has 0 atom stereocenters. The highest BCUT2D eigenvalue weighted by Crippen LogP contribution is 2.25. The van der Waals surface area contributed by atoms with Gasteiger partial charge in [0.15, 0.2) is 0 Å². The molecule has 0 spiro atoms. The van der Waals surface area contributed by atoms with Crippen molar-refractivity contribution in [2.75, 3.05) is 20.2 Å². The molecule has 0 saturated carbocycles. The van der Waals surface area contributed by atoms with E-state index in [1.807, 2.05) is 18.2 Å². The molecule has 110 valence electrons. The molecule has 1 aliphatic heterocycles. The van der Waals surface area contributed by atoms with Crippen LogP contribution in [0.5, 0.6) is 5.75 Å². The molecule has 0 aromatic heterocycles. The highest BCUT2D eigenvalue weighted by Gasteiger charge is 2.20. The largest absolute Gasteiger partial charge is 0.496 e. The number of hydrogen-bond acceptors (Lipinski definition) is 3. The summed E-state index contributed by atoms with van der Waals surface area (Å²) in [6.07, 6.45) is 3.32. The second-order valence-electron chi connectivity index (χ2n) is 5.46. The first-order valence-electron chi connectivity index (χ1n) is 7.25. The maximum absolute atomic E-state index is 10.6. The molecule has 1 heterocycles. The summed E-state index contributed by atoms with van der Waals surface area (Å²) in [5.74, 6) is 0.835. The van der Waals surface area contributed by atoms with E-state index in [0.29, 0.717) is 12.3 Å². The van der Waals surface area contributed by atoms with E-state index in [0.717, 1.165) is 44.6 Å². The van der Waals surface area contributed by atoms with Crippen LogP contribution in [0, 0.1) is 5.92 Å². The minimum atomic E-state index is -0.679. The highest BCUT2D eigenvalue weighted by molar-refractivity contribution is 5.66. The summed E-state index contributed by atoms with van der Waals surface area (Å²) in [5, 5.41) is 8.72. The number of carbonyl (C=O) groups is 1. The molecule has 1 saturated heterocycles. The normalized spacial score (nSPS) is 17.1. The number of rotatable bonds is 6. The monoisotopic (exact) mass is 277 g/mol. The molecule has 0 amide bonds. The van der Waals surface area contributed by atoms with Crippen molar-refractivity contribution in [1.82, 2.24) is 4.90 Å². The van der Waals surface area contributed by atoms with Gasteiger partial charge in [-0.3, -0.25) is 9.69 Å². The van der Waals surface area contributed by atoms with Crippen molar-refractivity contribution in [3.05, 3.63) is 29.8 Å². The van der Waals surface area contributed by atoms with E-state index in [-0.39, 0.29) is 0 Å². The molecule has 0 aliphatic carbocycles. The Kier molecular flexibility index (Phi) is 5.41. The Morgan fingerprint density at radius 1 is 1.35 bits per heavy atom. The maximum atomic E-state index is 10.6. The van der Waals surface area contributed by atoms with Crippen LogP contribution in [0.4, 0.5) is 0 Å². The SMILES string of the molecule is COc1ccccc1CN1CCC(CCC(=O)O)CC1. The first-order valence-corrected chi connectivity index (χ1v) is 7.25. The van der Waals surface area contributed by atoms with Crippen molar-refractivity contribution in [3.63, 3.8) is 0 Å². The lowest BCUT2D eigenvalue weighted by atomic mass is 9.92. The molecule has 1 aliphatic rings. The minimum Gasteiger partial charge on any atom is -0.496 e. The summed E-state index contributed by atoms with van der Waals surface area (Å²) in [5.41, 5.74) is 1.22. The van der Waals surface area contributed by atoms with Gasteiger partial charge in [-0.1, -0.05) is 18.2 Å². The number of hydrogen-bond donors (Lipinski definition) is 1. The predicted octanol–water partition coefficient (Wildman–Crippen LogP) is 2.77. The molecule has 1 fully saturated rings. The summed E-state index contributed by atoms with van der Waals surface area (Å²) >= 11 is 0. The fraction of sp³-hybridized carbons (Fsp3) is 0.562. The third-order valence-corrected chi connectivity index (χ3v) is 4.06. The van der Waals surface area contributed by atoms with Crippen LogP contribution < -0.4 is 4.74 Å². The van der Waals surface area contributed by atoms with Gasteiger partial charge in [0, 0.05) is 18.5 Å². The molecule has 0 bridgehead atoms. The quantitative estimate of drug-likeness (QED) is 0.868. The van der Waals surface area contributed by atoms with E-state index in [1.54, 1.807) is 7.11 Å². The van der Waals surface area contributed by atoms with E-state index in [9.17, 15) is 4.79 Å². The molecule has 1 aromatic carbocycles. The number of methoxy groups -OCH3 is 1. The second kappa shape index (κ2) is 7.29. The molecule has 2 rings (SSSR count). The molecule has 4 heteroatoms. The minimum absolute atomic E-state index is 0.303. The number of likely N-dealkylation sites (tertiary alicyclic amines) is 1. The highest BCUT2D eigenvalue weighted by atomic mass is 16.5. The average Bonchev–Trinajstić information content (AvgIpc) is 2.47. The van der Waals surface area contributed by atoms with Crippen LogP contribution in [0.15, 0.2) is 24.3 Å². The lowest BCUT2D eigenvalue weighted by molar-refractivity contribution is -0.137. The van der Waals surface area contributed by atoms with Crippen LogP contribution >= 0.6 is 0 Å². The second-order valence-corrected chi connectivity index (χ2v) is 5.46. The van der Waals surface area contributed by atoms with Crippen LogP contribution in [0.1, 0.15) is 31.2 Å². The standard InChI is InChI=1S/C16H23NO3/c1-20-15-5-3-2-4-14(15)12-17-10-8-13(9-11-17)6-7-16(18)19/h2-5,13H,6-12H2,1H3,(H,18,19). The van der Waals surface area contributed by atoms with Crippen molar-refractivity contribution < 1.29 is 14.6 Å². The van der Waals surface area contributed by atoms with E-state index in [2.05, 4.69) is 11.0 Å². The smallest absolute Gasteiger partial charge is 0.303 e. The third kappa shape index (κ3) is 4.23. The van der Waals surface area contributed by atoms with Crippen LogP contribution in [-0.4, -0.2) is 36.2 Å². The van der Waals surface area contributed by atoms with Gasteiger partial charge in [-0.05, 0) is 44.3 Å². The zero-order chi connectivity index (χ0) is 14.4. The van der Waals surface area contributed by atoms with Gasteiger partial charge < -0.3 is 9.84 Å². The van der Waals surface area contributed by atoms with Gasteiger partial charge in [-0.2, -0.15) is 0 Å². The zero-order valence-corrected chi connectivity index (χ0v) is 12.0. The molecule has 1 N–H and O–H groups in total. The van der Waals surface area contributed by atoms with Crippen molar-refractivity contribution in [1.29, 1.82) is 0 Å². The lowest BCUT2D eigenvalue weighted by Crippen LogP contribution is -2.33. The van der Waals surface area contributed by atoms with Gasteiger partial charge in [-0.25, -0.2) is 0 Å². The summed E-state index contributed by atoms with van der Waals surface area (Å²) in [6, 6.07) is 8.13. The zero-order valence-electron chi connectivity index (χ0n) is 12.0. The summed E-state index contributed by atoms with van der Waals surface area (Å²) < 4.78 is 5.38. The number of piperidine rings is 1. The van der Waals surface area contributed by atoms with E-state index in [1.165, 1.54) is 5.56 Å². The maximum Gasteiger partial charge on any atom is 0.303 e. The topological polar surface area (TPSA) is 49.8 Å². The van der Waals surface area contributed by atoms with Gasteiger partial charge in [0.25, 0.3) is 0 Å². The van der Waals surface area contributed by atoms with Gasteiger partial charge in [0.05, 0.1) is 7.11 Å². The number of ether oxygens (including phenoxy) is 1. The number of para-hydroxylation sites is 1. The van der Waals surface area contributed by atoms with Gasteiger partial charge in [0.1, 0.15) is 5.75 Å². The summed E-state index contributed by atoms with van der Waals surface area (Å²) in [6.45, 7) is 3.00. The Morgan fingerprint density at radius 2 is 2.05 bits per heavy atom. The Hall–Kier alpha value is -1.55. The lowest BCUT2D eigenvalue weighted by Gasteiger charge is -2.32. The Morgan fingerprint density at radius 3 is 2.70 bits per heavy atom. The number of nitrogens with zero attached hydrogens (tertiary/aromatic N) is 1. The number of benzene rings is 1. The number of aliphatic carboxylic acids is 1. The van der Waals surface area contributed by atoms with Crippen molar-refractivity contribution in [2.45, 2.75) is 32.2 Å². The molecule has 0 radical (unpaired) electrons. The van der Waals surface area contributed by atoms with Crippen LogP contribution in [0.2, 0.25) is 0 Å². The summed E-state index contributed by atoms with van der Waals surface area (Å²) in [4.78, 5) is 13.0. The molecule has 4 nitrogen and oxygen atoms in total. The molecule has 20 heavy (non-hydrogen) atoms. The van der Waals surface area contributed by atoms with E-state index >= 15 is 0 Å². The van der Waals surface area contributed by atoms with E-state index in [4.69, 9.17) is 9.84 Å². The first kappa shape index (κ1) is 14.9. The molecule has 0 unspecified atom stereocenters.